The fraction of sp³-hybridized carbons (Fsp3) is 0.263. The zero-order chi connectivity index (χ0) is 18.0. The van der Waals surface area contributed by atoms with Crippen LogP contribution in [0.15, 0.2) is 48.5 Å². The average molecular weight is 356 g/mol. The molecule has 0 saturated heterocycles. The van der Waals surface area contributed by atoms with Crippen LogP contribution in [0.25, 0.3) is 0 Å². The van der Waals surface area contributed by atoms with Crippen LogP contribution in [0.1, 0.15) is 24.8 Å². The number of hydrogen-bond acceptors (Lipinski definition) is 3. The fourth-order valence-electron chi connectivity index (χ4n) is 3.28. The molecule has 1 heterocycles. The van der Waals surface area contributed by atoms with E-state index in [2.05, 4.69) is 5.32 Å². The highest BCUT2D eigenvalue weighted by Crippen LogP contribution is 2.39. The molecule has 2 unspecified atom stereocenters. The summed E-state index contributed by atoms with van der Waals surface area (Å²) < 4.78 is 5.36. The number of carboxylic acid groups (broad SMARTS) is 1. The molecule has 3 rings (SSSR count). The van der Waals surface area contributed by atoms with Crippen LogP contribution in [0.5, 0.6) is 5.75 Å². The van der Waals surface area contributed by atoms with Crippen LogP contribution in [0.2, 0.25) is 0 Å². The summed E-state index contributed by atoms with van der Waals surface area (Å²) in [5, 5.41) is 13.3. The molecule has 5 nitrogen and oxygen atoms in total. The molecule has 6 heteroatoms. The highest BCUT2D eigenvalue weighted by molar-refractivity contribution is 7.80. The van der Waals surface area contributed by atoms with Crippen molar-refractivity contribution >= 4 is 34.7 Å². The number of carboxylic acids is 1. The topological polar surface area (TPSA) is 61.8 Å². The second-order valence-corrected chi connectivity index (χ2v) is 6.42. The number of carbonyl (C=O) groups is 1. The van der Waals surface area contributed by atoms with Crippen LogP contribution in [0.3, 0.4) is 0 Å². The second kappa shape index (κ2) is 7.11. The molecule has 1 aliphatic heterocycles. The maximum atomic E-state index is 11.6. The zero-order valence-electron chi connectivity index (χ0n) is 14.1. The Hall–Kier alpha value is -2.60. The van der Waals surface area contributed by atoms with Crippen molar-refractivity contribution < 1.29 is 14.6 Å². The van der Waals surface area contributed by atoms with Gasteiger partial charge in [-0.3, -0.25) is 4.79 Å². The first kappa shape index (κ1) is 17.2. The first-order chi connectivity index (χ1) is 12.0. The predicted octanol–water partition coefficient (Wildman–Crippen LogP) is 3.86. The van der Waals surface area contributed by atoms with E-state index in [1.54, 1.807) is 7.11 Å². The van der Waals surface area contributed by atoms with E-state index < -0.39 is 11.9 Å². The average Bonchev–Trinajstić information content (AvgIpc) is 2.61. The van der Waals surface area contributed by atoms with Crippen molar-refractivity contribution in [1.82, 2.24) is 0 Å². The van der Waals surface area contributed by atoms with Gasteiger partial charge in [-0.25, -0.2) is 0 Å². The molecule has 0 saturated carbocycles. The van der Waals surface area contributed by atoms with E-state index >= 15 is 0 Å². The largest absolute Gasteiger partial charge is 0.495 e. The molecule has 2 aromatic carbocycles. The molecule has 0 fully saturated rings. The molecule has 0 spiro atoms. The number of thiocarbonyl (C=S) groups is 1. The van der Waals surface area contributed by atoms with Gasteiger partial charge >= 0.3 is 5.97 Å². The van der Waals surface area contributed by atoms with Gasteiger partial charge in [-0.05, 0) is 49.3 Å². The van der Waals surface area contributed by atoms with Crippen molar-refractivity contribution in [3.63, 3.8) is 0 Å². The second-order valence-electron chi connectivity index (χ2n) is 6.03. The molecule has 1 aliphatic rings. The van der Waals surface area contributed by atoms with Crippen LogP contribution >= 0.6 is 12.2 Å². The highest BCUT2D eigenvalue weighted by atomic mass is 32.1. The number of fused-ring (bicyclic) bond motifs is 1. The van der Waals surface area contributed by atoms with E-state index in [0.717, 1.165) is 16.9 Å². The van der Waals surface area contributed by atoms with Crippen LogP contribution in [-0.2, 0) is 4.79 Å². The van der Waals surface area contributed by atoms with Gasteiger partial charge in [-0.15, -0.1) is 0 Å². The van der Waals surface area contributed by atoms with E-state index in [1.165, 1.54) is 0 Å². The molecule has 2 atom stereocenters. The standard InChI is InChI=1S/C19H20N2O3S/c1-12-11-14(18(22)23)13-7-3-5-9-16(13)21(12)19(25)20-15-8-4-6-10-17(15)24-2/h3-10,12,14H,11H2,1-2H3,(H,20,25)(H,22,23). The number of nitrogens with one attached hydrogen (secondary N) is 1. The van der Waals surface area contributed by atoms with Crippen molar-refractivity contribution in [2.24, 2.45) is 0 Å². The van der Waals surface area contributed by atoms with Crippen LogP contribution in [-0.4, -0.2) is 29.3 Å². The van der Waals surface area contributed by atoms with E-state index in [9.17, 15) is 9.90 Å². The number of rotatable bonds is 3. The van der Waals surface area contributed by atoms with Gasteiger partial charge in [0.1, 0.15) is 5.75 Å². The highest BCUT2D eigenvalue weighted by Gasteiger charge is 2.35. The summed E-state index contributed by atoms with van der Waals surface area (Å²) in [7, 11) is 1.61. The molecule has 25 heavy (non-hydrogen) atoms. The number of hydrogen-bond donors (Lipinski definition) is 2. The maximum absolute atomic E-state index is 11.6. The van der Waals surface area contributed by atoms with Gasteiger partial charge in [-0.1, -0.05) is 30.3 Å². The molecule has 0 amide bonds. The van der Waals surface area contributed by atoms with Gasteiger partial charge in [0.05, 0.1) is 18.7 Å². The lowest BCUT2D eigenvalue weighted by atomic mass is 9.86. The van der Waals surface area contributed by atoms with Crippen molar-refractivity contribution in [3.8, 4) is 5.75 Å². The van der Waals surface area contributed by atoms with Crippen molar-refractivity contribution in [1.29, 1.82) is 0 Å². The number of aliphatic carboxylic acids is 1. The molecule has 2 aromatic rings. The minimum Gasteiger partial charge on any atom is -0.495 e. The summed E-state index contributed by atoms with van der Waals surface area (Å²) >= 11 is 5.63. The first-order valence-corrected chi connectivity index (χ1v) is 8.48. The Kier molecular flexibility index (Phi) is 4.90. The minimum absolute atomic E-state index is 0.0364. The number of para-hydroxylation sites is 3. The summed E-state index contributed by atoms with van der Waals surface area (Å²) in [5.74, 6) is -0.620. The van der Waals surface area contributed by atoms with E-state index in [4.69, 9.17) is 17.0 Å². The monoisotopic (exact) mass is 356 g/mol. The molecular formula is C19H20N2O3S. The van der Waals surface area contributed by atoms with Crippen LogP contribution < -0.4 is 15.0 Å². The number of nitrogens with zero attached hydrogens (tertiary/aromatic N) is 1. The van der Waals surface area contributed by atoms with Crippen molar-refractivity contribution in [2.75, 3.05) is 17.3 Å². The first-order valence-electron chi connectivity index (χ1n) is 8.08. The summed E-state index contributed by atoms with van der Waals surface area (Å²) in [4.78, 5) is 13.6. The molecular weight excluding hydrogens is 336 g/mol. The number of anilines is 2. The lowest BCUT2D eigenvalue weighted by Gasteiger charge is -2.39. The van der Waals surface area contributed by atoms with Crippen LogP contribution in [0, 0.1) is 0 Å². The normalized spacial score (nSPS) is 19.0. The Balaban J connectivity index is 1.94. The smallest absolute Gasteiger partial charge is 0.311 e. The fourth-order valence-corrected chi connectivity index (χ4v) is 3.67. The molecule has 130 valence electrons. The Labute approximate surface area is 152 Å². The third kappa shape index (κ3) is 3.30. The summed E-state index contributed by atoms with van der Waals surface area (Å²) in [6.45, 7) is 1.99. The van der Waals surface area contributed by atoms with Gasteiger partial charge in [0.25, 0.3) is 0 Å². The molecule has 0 bridgehead atoms. The van der Waals surface area contributed by atoms with Gasteiger partial charge in [0, 0.05) is 11.7 Å². The quantitative estimate of drug-likeness (QED) is 0.815. The molecule has 0 aromatic heterocycles. The van der Waals surface area contributed by atoms with E-state index in [0.29, 0.717) is 17.3 Å². The van der Waals surface area contributed by atoms with E-state index in [-0.39, 0.29) is 6.04 Å². The van der Waals surface area contributed by atoms with Gasteiger partial charge in [0.2, 0.25) is 0 Å². The minimum atomic E-state index is -0.803. The Morgan fingerprint density at radius 3 is 2.64 bits per heavy atom. The Morgan fingerprint density at radius 2 is 1.92 bits per heavy atom. The van der Waals surface area contributed by atoms with Gasteiger partial charge < -0.3 is 20.1 Å². The summed E-state index contributed by atoms with van der Waals surface area (Å²) in [6, 6.07) is 15.0. The summed E-state index contributed by atoms with van der Waals surface area (Å²) in [5.41, 5.74) is 2.40. The zero-order valence-corrected chi connectivity index (χ0v) is 14.9. The Morgan fingerprint density at radius 1 is 1.24 bits per heavy atom. The number of ether oxygens (including phenoxy) is 1. The molecule has 2 N–H and O–H groups in total. The van der Waals surface area contributed by atoms with E-state index in [1.807, 2.05) is 60.4 Å². The van der Waals surface area contributed by atoms with Gasteiger partial charge in [-0.2, -0.15) is 0 Å². The van der Waals surface area contributed by atoms with Gasteiger partial charge in [0.15, 0.2) is 5.11 Å². The molecule has 0 radical (unpaired) electrons. The lowest BCUT2D eigenvalue weighted by Crippen LogP contribution is -2.46. The third-order valence-corrected chi connectivity index (χ3v) is 4.75. The molecule has 0 aliphatic carbocycles. The third-order valence-electron chi connectivity index (χ3n) is 4.45. The van der Waals surface area contributed by atoms with Crippen LogP contribution in [0.4, 0.5) is 11.4 Å². The number of benzene rings is 2. The van der Waals surface area contributed by atoms with Crippen molar-refractivity contribution in [2.45, 2.75) is 25.3 Å². The maximum Gasteiger partial charge on any atom is 0.311 e. The van der Waals surface area contributed by atoms with Crippen molar-refractivity contribution in [3.05, 3.63) is 54.1 Å². The lowest BCUT2D eigenvalue weighted by molar-refractivity contribution is -0.139. The Bertz CT molecular complexity index is 809. The number of methoxy groups -OCH3 is 1. The summed E-state index contributed by atoms with van der Waals surface area (Å²) in [6.07, 6.45) is 0.500. The predicted molar refractivity (Wildman–Crippen MR) is 103 cm³/mol. The SMILES string of the molecule is COc1ccccc1NC(=S)N1c2ccccc2C(C(=O)O)CC1C.